The van der Waals surface area contributed by atoms with Gasteiger partial charge in [-0.05, 0) is 6.07 Å². The minimum Gasteiger partial charge on any atom is -0.273 e. The van der Waals surface area contributed by atoms with Crippen LogP contribution in [0.1, 0.15) is 0 Å². The Hall–Kier alpha value is -1.76. The average molecular weight is 224 g/mol. The number of rotatable bonds is 2. The molecule has 0 aromatic carbocycles. The molecule has 0 unspecified atom stereocenters. The molecule has 2 aromatic heterocycles. The topological polar surface area (TPSA) is 77.7 Å². The minimum absolute atomic E-state index is 0.00922. The van der Waals surface area contributed by atoms with E-state index in [0.717, 1.165) is 6.26 Å². The lowest BCUT2D eigenvalue weighted by atomic mass is 10.7. The third kappa shape index (κ3) is 2.01. The largest absolute Gasteiger partial charge is 0.273 e. The van der Waals surface area contributed by atoms with E-state index >= 15 is 0 Å². The Bertz CT molecular complexity index is 561. The zero-order chi connectivity index (χ0) is 10.9. The molecule has 7 heteroatoms. The molecule has 0 saturated heterocycles. The molecular weight excluding hydrogens is 216 g/mol. The molecule has 2 aromatic rings. The van der Waals surface area contributed by atoms with Crippen LogP contribution < -0.4 is 0 Å². The van der Waals surface area contributed by atoms with Gasteiger partial charge in [-0.15, -0.1) is 0 Å². The molecule has 2 heterocycles. The summed E-state index contributed by atoms with van der Waals surface area (Å²) in [5.41, 5.74) is 0. The number of hydrogen-bond donors (Lipinski definition) is 0. The first-order chi connectivity index (χ1) is 7.07. The van der Waals surface area contributed by atoms with Gasteiger partial charge >= 0.3 is 0 Å². The Morgan fingerprint density at radius 1 is 1.20 bits per heavy atom. The fourth-order valence-corrected chi connectivity index (χ4v) is 1.57. The number of imidazole rings is 1. The average Bonchev–Trinajstić information content (AvgIpc) is 2.67. The maximum Gasteiger partial charge on any atom is 0.234 e. The van der Waals surface area contributed by atoms with Crippen molar-refractivity contribution in [3.8, 4) is 5.95 Å². The second-order valence-electron chi connectivity index (χ2n) is 2.94. The van der Waals surface area contributed by atoms with Gasteiger partial charge in [0.25, 0.3) is 0 Å². The third-order valence-corrected chi connectivity index (χ3v) is 2.69. The summed E-state index contributed by atoms with van der Waals surface area (Å²) in [5, 5.41) is 0.00922. The summed E-state index contributed by atoms with van der Waals surface area (Å²) in [5.74, 6) is 0.389. The van der Waals surface area contributed by atoms with Crippen LogP contribution in [-0.2, 0) is 9.84 Å². The maximum atomic E-state index is 11.2. The summed E-state index contributed by atoms with van der Waals surface area (Å²) in [6.07, 6.45) is 6.99. The van der Waals surface area contributed by atoms with Crippen LogP contribution in [0.3, 0.4) is 0 Å². The van der Waals surface area contributed by atoms with Crippen molar-refractivity contribution in [3.05, 3.63) is 31.0 Å². The Morgan fingerprint density at radius 3 is 2.40 bits per heavy atom. The summed E-state index contributed by atoms with van der Waals surface area (Å²) in [6, 6.07) is 1.68. The van der Waals surface area contributed by atoms with Crippen LogP contribution in [0.4, 0.5) is 0 Å². The highest BCUT2D eigenvalue weighted by molar-refractivity contribution is 7.90. The van der Waals surface area contributed by atoms with Crippen LogP contribution in [0.5, 0.6) is 0 Å². The van der Waals surface area contributed by atoms with E-state index in [9.17, 15) is 8.42 Å². The molecule has 0 fully saturated rings. The van der Waals surface area contributed by atoms with Crippen molar-refractivity contribution in [2.45, 2.75) is 5.03 Å². The second-order valence-corrected chi connectivity index (χ2v) is 4.90. The number of sulfone groups is 1. The molecular formula is C8H8N4O2S. The van der Waals surface area contributed by atoms with E-state index in [-0.39, 0.29) is 5.03 Å². The molecule has 0 saturated carbocycles. The van der Waals surface area contributed by atoms with Gasteiger partial charge in [0, 0.05) is 18.6 Å². The fourth-order valence-electron chi connectivity index (χ4n) is 1.03. The van der Waals surface area contributed by atoms with E-state index in [1.54, 1.807) is 18.5 Å². The molecule has 78 valence electrons. The van der Waals surface area contributed by atoms with Gasteiger partial charge in [0.1, 0.15) is 6.33 Å². The van der Waals surface area contributed by atoms with Crippen molar-refractivity contribution in [2.24, 2.45) is 0 Å². The summed E-state index contributed by atoms with van der Waals surface area (Å²) >= 11 is 0. The Balaban J connectivity index is 2.46. The zero-order valence-corrected chi connectivity index (χ0v) is 8.72. The summed E-state index contributed by atoms with van der Waals surface area (Å²) < 4.78 is 23.8. The minimum atomic E-state index is -3.28. The molecule has 0 atom stereocenters. The Kier molecular flexibility index (Phi) is 2.24. The van der Waals surface area contributed by atoms with Crippen molar-refractivity contribution in [1.82, 2.24) is 19.5 Å². The molecule has 0 spiro atoms. The van der Waals surface area contributed by atoms with Crippen molar-refractivity contribution < 1.29 is 8.42 Å². The van der Waals surface area contributed by atoms with E-state index < -0.39 is 9.84 Å². The first kappa shape index (κ1) is 9.78. The van der Waals surface area contributed by atoms with Crippen molar-refractivity contribution >= 4 is 9.84 Å². The number of aromatic nitrogens is 4. The van der Waals surface area contributed by atoms with Gasteiger partial charge in [0.2, 0.25) is 5.95 Å². The van der Waals surface area contributed by atoms with Gasteiger partial charge in [-0.3, -0.25) is 4.57 Å². The van der Waals surface area contributed by atoms with Gasteiger partial charge in [-0.2, -0.15) is 0 Å². The van der Waals surface area contributed by atoms with Crippen LogP contribution in [0.25, 0.3) is 5.95 Å². The zero-order valence-electron chi connectivity index (χ0n) is 7.90. The lowest BCUT2D eigenvalue weighted by Crippen LogP contribution is -1.98. The van der Waals surface area contributed by atoms with Gasteiger partial charge in [-0.25, -0.2) is 23.4 Å². The second kappa shape index (κ2) is 3.43. The van der Waals surface area contributed by atoms with Gasteiger partial charge in [0.15, 0.2) is 14.9 Å². The maximum absolute atomic E-state index is 11.2. The first-order valence-electron chi connectivity index (χ1n) is 4.09. The van der Waals surface area contributed by atoms with Crippen molar-refractivity contribution in [1.29, 1.82) is 0 Å². The summed E-state index contributed by atoms with van der Waals surface area (Å²) in [4.78, 5) is 11.7. The van der Waals surface area contributed by atoms with Crippen LogP contribution in [-0.4, -0.2) is 34.2 Å². The smallest absolute Gasteiger partial charge is 0.234 e. The summed E-state index contributed by atoms with van der Waals surface area (Å²) in [6.45, 7) is 0. The highest BCUT2D eigenvalue weighted by atomic mass is 32.2. The van der Waals surface area contributed by atoms with Crippen LogP contribution in [0.2, 0.25) is 0 Å². The standard InChI is InChI=1S/C8H8N4O2S/c1-15(13,14)7-5-12(6-11-7)8-9-3-2-4-10-8/h2-6H,1H3. The highest BCUT2D eigenvalue weighted by Gasteiger charge is 2.11. The molecule has 0 bridgehead atoms. The first-order valence-corrected chi connectivity index (χ1v) is 5.98. The van der Waals surface area contributed by atoms with Gasteiger partial charge < -0.3 is 0 Å². The van der Waals surface area contributed by atoms with Gasteiger partial charge in [-0.1, -0.05) is 0 Å². The quantitative estimate of drug-likeness (QED) is 0.721. The SMILES string of the molecule is CS(=O)(=O)c1cn(-c2ncccn2)cn1. The predicted octanol–water partition coefficient (Wildman–Crippen LogP) is 0.0658. The van der Waals surface area contributed by atoms with E-state index in [2.05, 4.69) is 15.0 Å². The number of hydrogen-bond acceptors (Lipinski definition) is 5. The normalized spacial score (nSPS) is 11.5. The molecule has 15 heavy (non-hydrogen) atoms. The molecule has 0 aliphatic rings. The van der Waals surface area contributed by atoms with E-state index in [1.165, 1.54) is 17.1 Å². The molecule has 0 aliphatic heterocycles. The number of nitrogens with zero attached hydrogens (tertiary/aromatic N) is 4. The van der Waals surface area contributed by atoms with Gasteiger partial charge in [0.05, 0.1) is 6.20 Å². The van der Waals surface area contributed by atoms with Crippen LogP contribution in [0, 0.1) is 0 Å². The fraction of sp³-hybridized carbons (Fsp3) is 0.125. The lowest BCUT2D eigenvalue weighted by Gasteiger charge is -1.96. The van der Waals surface area contributed by atoms with E-state index in [4.69, 9.17) is 0 Å². The van der Waals surface area contributed by atoms with E-state index in [1.807, 2.05) is 0 Å². The van der Waals surface area contributed by atoms with Crippen molar-refractivity contribution in [3.63, 3.8) is 0 Å². The predicted molar refractivity (Wildman–Crippen MR) is 52.3 cm³/mol. The Labute approximate surface area is 86.6 Å². The summed E-state index contributed by atoms with van der Waals surface area (Å²) in [7, 11) is -3.28. The third-order valence-electron chi connectivity index (χ3n) is 1.72. The molecule has 2 rings (SSSR count). The lowest BCUT2D eigenvalue weighted by molar-refractivity contribution is 0.599. The molecule has 0 N–H and O–H groups in total. The highest BCUT2D eigenvalue weighted by Crippen LogP contribution is 2.07. The molecule has 6 nitrogen and oxygen atoms in total. The molecule has 0 amide bonds. The van der Waals surface area contributed by atoms with Crippen molar-refractivity contribution in [2.75, 3.05) is 6.26 Å². The molecule has 0 aliphatic carbocycles. The van der Waals surface area contributed by atoms with E-state index in [0.29, 0.717) is 5.95 Å². The molecule has 0 radical (unpaired) electrons. The Morgan fingerprint density at radius 2 is 1.87 bits per heavy atom. The van der Waals surface area contributed by atoms with Crippen LogP contribution in [0.15, 0.2) is 36.0 Å². The van der Waals surface area contributed by atoms with Crippen LogP contribution >= 0.6 is 0 Å². The monoisotopic (exact) mass is 224 g/mol.